The number of anilines is 1. The summed E-state index contributed by atoms with van der Waals surface area (Å²) in [5.41, 5.74) is 1.86. The maximum atomic E-state index is 14.0. The van der Waals surface area contributed by atoms with E-state index in [1.54, 1.807) is 36.4 Å². The Hall–Kier alpha value is -3.91. The van der Waals surface area contributed by atoms with Gasteiger partial charge < -0.3 is 10.4 Å². The average Bonchev–Trinajstić information content (AvgIpc) is 3.25. The number of phenols is 1. The summed E-state index contributed by atoms with van der Waals surface area (Å²) in [6, 6.07) is 19.4. The molecule has 1 atom stereocenters. The zero-order chi connectivity index (χ0) is 25.9. The molecule has 0 bridgehead atoms. The largest absolute Gasteiger partial charge is 0.508 e. The van der Waals surface area contributed by atoms with E-state index in [2.05, 4.69) is 15.6 Å². The molecule has 4 rings (SSSR count). The van der Waals surface area contributed by atoms with E-state index in [0.29, 0.717) is 33.7 Å². The van der Waals surface area contributed by atoms with Crippen LogP contribution in [0, 0.1) is 0 Å². The quantitative estimate of drug-likeness (QED) is 0.356. The molecule has 0 radical (unpaired) electrons. The lowest BCUT2D eigenvalue weighted by Gasteiger charge is -2.34. The Morgan fingerprint density at radius 1 is 1.08 bits per heavy atom. The molecular formula is C27H28ClN5O3. The third kappa shape index (κ3) is 5.49. The lowest BCUT2D eigenvalue weighted by molar-refractivity contribution is -0.128. The zero-order valence-electron chi connectivity index (χ0n) is 20.4. The monoisotopic (exact) mass is 505 g/mol. The summed E-state index contributed by atoms with van der Waals surface area (Å²) in [4.78, 5) is 29.2. The minimum Gasteiger partial charge on any atom is -0.508 e. The maximum absolute atomic E-state index is 14.0. The second kappa shape index (κ2) is 10.4. The molecule has 4 aromatic rings. The molecular weight excluding hydrogens is 478 g/mol. The van der Waals surface area contributed by atoms with Crippen molar-refractivity contribution in [2.45, 2.75) is 45.3 Å². The highest BCUT2D eigenvalue weighted by Crippen LogP contribution is 2.32. The van der Waals surface area contributed by atoms with Crippen LogP contribution in [0.5, 0.6) is 5.75 Å². The highest BCUT2D eigenvalue weighted by atomic mass is 35.5. The summed E-state index contributed by atoms with van der Waals surface area (Å²) in [5.74, 6) is -0.679. The second-order valence-electron chi connectivity index (χ2n) is 9.20. The van der Waals surface area contributed by atoms with Crippen molar-refractivity contribution in [2.75, 3.05) is 4.90 Å². The van der Waals surface area contributed by atoms with Gasteiger partial charge in [-0.2, -0.15) is 0 Å². The molecule has 0 saturated carbocycles. The molecule has 2 amide bonds. The Morgan fingerprint density at radius 2 is 1.81 bits per heavy atom. The minimum absolute atomic E-state index is 0.0570. The third-order valence-electron chi connectivity index (χ3n) is 6.12. The van der Waals surface area contributed by atoms with Crippen LogP contribution in [0.3, 0.4) is 0 Å². The maximum Gasteiger partial charge on any atom is 0.249 e. The van der Waals surface area contributed by atoms with E-state index in [0.717, 1.165) is 0 Å². The molecule has 9 heteroatoms. The predicted molar refractivity (Wildman–Crippen MR) is 140 cm³/mol. The first-order chi connectivity index (χ1) is 17.2. The highest BCUT2D eigenvalue weighted by molar-refractivity contribution is 6.31. The fraction of sp³-hybridized carbons (Fsp3) is 0.259. The van der Waals surface area contributed by atoms with E-state index in [1.165, 1.54) is 21.7 Å². The number of carbonyl (C=O) groups is 2. The van der Waals surface area contributed by atoms with Crippen LogP contribution in [-0.2, 0) is 16.1 Å². The number of carbonyl (C=O) groups excluding carboxylic acids is 2. The minimum atomic E-state index is -1.03. The fourth-order valence-electron chi connectivity index (χ4n) is 3.87. The Balaban J connectivity index is 1.82. The number of aromatic nitrogens is 3. The molecule has 0 aliphatic rings. The lowest BCUT2D eigenvalue weighted by Crippen LogP contribution is -2.51. The number of phenolic OH excluding ortho intramolecular Hbond substituents is 1. The topological polar surface area (TPSA) is 100 Å². The summed E-state index contributed by atoms with van der Waals surface area (Å²) in [5, 5.41) is 21.6. The Morgan fingerprint density at radius 3 is 2.50 bits per heavy atom. The van der Waals surface area contributed by atoms with Crippen molar-refractivity contribution in [1.29, 1.82) is 0 Å². The van der Waals surface area contributed by atoms with Crippen LogP contribution in [0.4, 0.5) is 5.69 Å². The van der Waals surface area contributed by atoms with Crippen molar-refractivity contribution < 1.29 is 14.7 Å². The van der Waals surface area contributed by atoms with Gasteiger partial charge in [0, 0.05) is 16.2 Å². The van der Waals surface area contributed by atoms with E-state index in [9.17, 15) is 14.7 Å². The smallest absolute Gasteiger partial charge is 0.249 e. The van der Waals surface area contributed by atoms with Crippen molar-refractivity contribution in [1.82, 2.24) is 20.3 Å². The van der Waals surface area contributed by atoms with Gasteiger partial charge in [0.25, 0.3) is 0 Å². The third-order valence-corrected chi connectivity index (χ3v) is 6.36. The molecule has 2 N–H and O–H groups in total. The summed E-state index contributed by atoms with van der Waals surface area (Å²) in [6.07, 6.45) is 0.692. The Kier molecular flexibility index (Phi) is 7.26. The van der Waals surface area contributed by atoms with Gasteiger partial charge in [0.2, 0.25) is 11.8 Å². The molecule has 8 nitrogen and oxygen atoms in total. The van der Waals surface area contributed by atoms with Crippen LogP contribution in [-0.4, -0.2) is 37.5 Å². The van der Waals surface area contributed by atoms with Crippen molar-refractivity contribution in [3.05, 3.63) is 83.4 Å². The van der Waals surface area contributed by atoms with Gasteiger partial charge in [0.1, 0.15) is 23.9 Å². The van der Waals surface area contributed by atoms with Gasteiger partial charge >= 0.3 is 0 Å². The van der Waals surface area contributed by atoms with E-state index in [1.807, 2.05) is 45.0 Å². The molecule has 0 aliphatic carbocycles. The Bertz CT molecular complexity index is 1380. The molecule has 0 unspecified atom stereocenters. The molecule has 36 heavy (non-hydrogen) atoms. The molecule has 3 aromatic carbocycles. The summed E-state index contributed by atoms with van der Waals surface area (Å²) in [6.45, 7) is 5.68. The SMILES string of the molecule is CCC(C)(C)NC(=O)[C@H](c1ccc(O)cc1)N(C(=O)Cn1nnc2ccccc21)c1cccc(Cl)c1. The van der Waals surface area contributed by atoms with E-state index in [-0.39, 0.29) is 24.1 Å². The zero-order valence-corrected chi connectivity index (χ0v) is 21.1. The molecule has 1 aromatic heterocycles. The van der Waals surface area contributed by atoms with Crippen molar-refractivity contribution >= 4 is 40.1 Å². The fourth-order valence-corrected chi connectivity index (χ4v) is 4.05. The van der Waals surface area contributed by atoms with E-state index in [4.69, 9.17) is 11.6 Å². The number of amides is 2. The summed E-state index contributed by atoms with van der Waals surface area (Å²) >= 11 is 6.30. The number of benzene rings is 3. The van der Waals surface area contributed by atoms with Crippen LogP contribution in [0.1, 0.15) is 38.8 Å². The van der Waals surface area contributed by atoms with Crippen LogP contribution >= 0.6 is 11.6 Å². The molecule has 0 aliphatic heterocycles. The van der Waals surface area contributed by atoms with Gasteiger partial charge in [-0.1, -0.05) is 54.1 Å². The molecule has 186 valence electrons. The number of nitrogens with zero attached hydrogens (tertiary/aromatic N) is 4. The van der Waals surface area contributed by atoms with Gasteiger partial charge in [-0.3, -0.25) is 14.5 Å². The standard InChI is InChI=1S/C27H28ClN5O3/c1-4-27(2,3)29-26(36)25(18-12-14-21(34)15-13-18)33(20-9-7-8-19(28)16-20)24(35)17-32-23-11-6-5-10-22(23)30-31-32/h5-16,25,34H,4,17H2,1-3H3,(H,29,36)/t25-/m0/s1. The van der Waals surface area contributed by atoms with E-state index >= 15 is 0 Å². The molecule has 0 fully saturated rings. The van der Waals surface area contributed by atoms with Gasteiger partial charge in [-0.15, -0.1) is 5.10 Å². The van der Waals surface area contributed by atoms with Crippen LogP contribution in [0.2, 0.25) is 5.02 Å². The molecule has 0 spiro atoms. The molecule has 0 saturated heterocycles. The van der Waals surface area contributed by atoms with Crippen molar-refractivity contribution in [2.24, 2.45) is 0 Å². The number of aromatic hydroxyl groups is 1. The second-order valence-corrected chi connectivity index (χ2v) is 9.64. The van der Waals surface area contributed by atoms with Gasteiger partial charge in [0.05, 0.1) is 5.52 Å². The first-order valence-electron chi connectivity index (χ1n) is 11.7. The Labute approximate surface area is 214 Å². The highest BCUT2D eigenvalue weighted by Gasteiger charge is 2.35. The van der Waals surface area contributed by atoms with Crippen LogP contribution in [0.25, 0.3) is 11.0 Å². The number of rotatable bonds is 8. The normalized spacial score (nSPS) is 12.3. The van der Waals surface area contributed by atoms with Crippen molar-refractivity contribution in [3.63, 3.8) is 0 Å². The number of fused-ring (bicyclic) bond motifs is 1. The van der Waals surface area contributed by atoms with Crippen LogP contribution in [0.15, 0.2) is 72.8 Å². The number of nitrogens with one attached hydrogen (secondary N) is 1. The van der Waals surface area contributed by atoms with E-state index < -0.39 is 11.6 Å². The first kappa shape index (κ1) is 25.2. The van der Waals surface area contributed by atoms with Crippen LogP contribution < -0.4 is 10.2 Å². The van der Waals surface area contributed by atoms with Gasteiger partial charge in [-0.05, 0) is 68.3 Å². The summed E-state index contributed by atoms with van der Waals surface area (Å²) < 4.78 is 1.51. The summed E-state index contributed by atoms with van der Waals surface area (Å²) in [7, 11) is 0. The molecule has 1 heterocycles. The first-order valence-corrected chi connectivity index (χ1v) is 12.0. The van der Waals surface area contributed by atoms with Crippen molar-refractivity contribution in [3.8, 4) is 5.75 Å². The average molecular weight is 506 g/mol. The van der Waals surface area contributed by atoms with Gasteiger partial charge in [-0.25, -0.2) is 4.68 Å². The number of hydrogen-bond acceptors (Lipinski definition) is 5. The number of hydrogen-bond donors (Lipinski definition) is 2. The number of halogens is 1. The predicted octanol–water partition coefficient (Wildman–Crippen LogP) is 4.87. The van der Waals surface area contributed by atoms with Gasteiger partial charge in [0.15, 0.2) is 0 Å². The number of para-hydroxylation sites is 1. The lowest BCUT2D eigenvalue weighted by atomic mass is 9.98.